The standard InChI is InChI=1S/C7H13N.ClH/c8-7-5-3-1-2-4-6-7;/h3,5,7H,1-2,4,6,8H2;1H. The number of hydrogen-bond donors (Lipinski definition) is 1. The summed E-state index contributed by atoms with van der Waals surface area (Å²) in [7, 11) is 0. The molecule has 1 rings (SSSR count). The Kier molecular flexibility index (Phi) is 4.83. The molecule has 0 heterocycles. The van der Waals surface area contributed by atoms with Crippen LogP contribution in [0.25, 0.3) is 0 Å². The minimum atomic E-state index is 0. The maximum absolute atomic E-state index is 5.65. The predicted molar refractivity (Wildman–Crippen MR) is 42.8 cm³/mol. The SMILES string of the molecule is Cl.NC1C=CCCCC1. The van der Waals surface area contributed by atoms with Gasteiger partial charge in [-0.25, -0.2) is 0 Å². The van der Waals surface area contributed by atoms with Crippen LogP contribution in [0, 0.1) is 0 Å². The average molecular weight is 148 g/mol. The van der Waals surface area contributed by atoms with Crippen molar-refractivity contribution < 1.29 is 0 Å². The zero-order valence-electron chi connectivity index (χ0n) is 5.55. The molecule has 2 N–H and O–H groups in total. The fraction of sp³-hybridized carbons (Fsp3) is 0.714. The molecule has 0 aromatic carbocycles. The molecule has 0 aromatic rings. The molecule has 0 fully saturated rings. The second-order valence-corrected chi connectivity index (χ2v) is 2.38. The smallest absolute Gasteiger partial charge is 0.0223 e. The van der Waals surface area contributed by atoms with Crippen molar-refractivity contribution in [1.29, 1.82) is 0 Å². The summed E-state index contributed by atoms with van der Waals surface area (Å²) in [5, 5.41) is 0. The van der Waals surface area contributed by atoms with Crippen molar-refractivity contribution >= 4 is 12.4 Å². The molecule has 0 spiro atoms. The summed E-state index contributed by atoms with van der Waals surface area (Å²) in [5.74, 6) is 0. The van der Waals surface area contributed by atoms with Gasteiger partial charge in [0.15, 0.2) is 0 Å². The van der Waals surface area contributed by atoms with Crippen LogP contribution >= 0.6 is 12.4 Å². The first-order valence-corrected chi connectivity index (χ1v) is 3.32. The van der Waals surface area contributed by atoms with Crippen LogP contribution in [0.5, 0.6) is 0 Å². The highest BCUT2D eigenvalue weighted by Crippen LogP contribution is 2.08. The van der Waals surface area contributed by atoms with Crippen molar-refractivity contribution in [2.75, 3.05) is 0 Å². The van der Waals surface area contributed by atoms with Gasteiger partial charge in [0.25, 0.3) is 0 Å². The maximum atomic E-state index is 5.65. The van der Waals surface area contributed by atoms with Gasteiger partial charge in [-0.2, -0.15) is 0 Å². The molecule has 1 nitrogen and oxygen atoms in total. The number of rotatable bonds is 0. The molecule has 1 unspecified atom stereocenters. The monoisotopic (exact) mass is 147 g/mol. The summed E-state index contributed by atoms with van der Waals surface area (Å²) in [6.45, 7) is 0. The lowest BCUT2D eigenvalue weighted by atomic mass is 10.2. The minimum absolute atomic E-state index is 0. The summed E-state index contributed by atoms with van der Waals surface area (Å²) in [4.78, 5) is 0. The van der Waals surface area contributed by atoms with E-state index >= 15 is 0 Å². The van der Waals surface area contributed by atoms with Crippen LogP contribution in [0.4, 0.5) is 0 Å². The van der Waals surface area contributed by atoms with E-state index in [4.69, 9.17) is 5.73 Å². The summed E-state index contributed by atoms with van der Waals surface area (Å²) in [5.41, 5.74) is 5.65. The zero-order valence-corrected chi connectivity index (χ0v) is 6.36. The fourth-order valence-electron chi connectivity index (χ4n) is 1.01. The van der Waals surface area contributed by atoms with Gasteiger partial charge in [0.1, 0.15) is 0 Å². The third kappa shape index (κ3) is 3.55. The Morgan fingerprint density at radius 2 is 2.11 bits per heavy atom. The van der Waals surface area contributed by atoms with E-state index in [0.29, 0.717) is 6.04 Å². The highest BCUT2D eigenvalue weighted by Gasteiger charge is 1.99. The first-order valence-electron chi connectivity index (χ1n) is 3.32. The third-order valence-corrected chi connectivity index (χ3v) is 1.54. The van der Waals surface area contributed by atoms with Crippen LogP contribution < -0.4 is 5.73 Å². The van der Waals surface area contributed by atoms with Crippen LogP contribution in [0.3, 0.4) is 0 Å². The number of allylic oxidation sites excluding steroid dienone is 1. The van der Waals surface area contributed by atoms with Gasteiger partial charge in [0.2, 0.25) is 0 Å². The van der Waals surface area contributed by atoms with E-state index in [2.05, 4.69) is 12.2 Å². The number of hydrogen-bond acceptors (Lipinski definition) is 1. The first-order chi connectivity index (χ1) is 3.89. The van der Waals surface area contributed by atoms with E-state index in [1.54, 1.807) is 0 Å². The first kappa shape index (κ1) is 8.99. The van der Waals surface area contributed by atoms with Gasteiger partial charge in [-0.15, -0.1) is 12.4 Å². The van der Waals surface area contributed by atoms with Gasteiger partial charge in [0.05, 0.1) is 0 Å². The van der Waals surface area contributed by atoms with E-state index in [-0.39, 0.29) is 12.4 Å². The molecule has 0 aliphatic heterocycles. The third-order valence-electron chi connectivity index (χ3n) is 1.54. The molecule has 9 heavy (non-hydrogen) atoms. The molecule has 1 aliphatic rings. The predicted octanol–water partition coefficient (Wildman–Crippen LogP) is 1.87. The number of halogens is 1. The Labute approximate surface area is 62.7 Å². The van der Waals surface area contributed by atoms with Crippen molar-refractivity contribution in [2.45, 2.75) is 31.7 Å². The molecule has 0 amide bonds. The molecule has 0 aromatic heterocycles. The zero-order chi connectivity index (χ0) is 5.82. The summed E-state index contributed by atoms with van der Waals surface area (Å²) < 4.78 is 0. The van der Waals surface area contributed by atoms with Crippen molar-refractivity contribution in [1.82, 2.24) is 0 Å². The Hall–Kier alpha value is -0.0100. The van der Waals surface area contributed by atoms with Crippen molar-refractivity contribution in [2.24, 2.45) is 5.73 Å². The second kappa shape index (κ2) is 4.83. The van der Waals surface area contributed by atoms with E-state index in [1.165, 1.54) is 25.7 Å². The Morgan fingerprint density at radius 3 is 2.89 bits per heavy atom. The lowest BCUT2D eigenvalue weighted by Crippen LogP contribution is -2.14. The molecular formula is C7H14ClN. The van der Waals surface area contributed by atoms with Crippen LogP contribution in [0.2, 0.25) is 0 Å². The Morgan fingerprint density at radius 1 is 1.33 bits per heavy atom. The normalized spacial score (nSPS) is 26.6. The van der Waals surface area contributed by atoms with Gasteiger partial charge in [0, 0.05) is 6.04 Å². The summed E-state index contributed by atoms with van der Waals surface area (Å²) in [6, 6.07) is 0.345. The molecule has 0 bridgehead atoms. The maximum Gasteiger partial charge on any atom is 0.0223 e. The van der Waals surface area contributed by atoms with E-state index in [9.17, 15) is 0 Å². The van der Waals surface area contributed by atoms with Crippen molar-refractivity contribution in [3.8, 4) is 0 Å². The molecule has 0 saturated heterocycles. The van der Waals surface area contributed by atoms with Gasteiger partial charge in [-0.3, -0.25) is 0 Å². The second-order valence-electron chi connectivity index (χ2n) is 2.38. The van der Waals surface area contributed by atoms with E-state index in [0.717, 1.165) is 0 Å². The van der Waals surface area contributed by atoms with E-state index < -0.39 is 0 Å². The van der Waals surface area contributed by atoms with Gasteiger partial charge < -0.3 is 5.73 Å². The van der Waals surface area contributed by atoms with Gasteiger partial charge >= 0.3 is 0 Å². The van der Waals surface area contributed by atoms with Crippen LogP contribution in [0.15, 0.2) is 12.2 Å². The fourth-order valence-corrected chi connectivity index (χ4v) is 1.01. The highest BCUT2D eigenvalue weighted by molar-refractivity contribution is 5.85. The minimum Gasteiger partial charge on any atom is -0.324 e. The summed E-state index contributed by atoms with van der Waals surface area (Å²) in [6.07, 6.45) is 9.34. The van der Waals surface area contributed by atoms with E-state index in [1.807, 2.05) is 0 Å². The lowest BCUT2D eigenvalue weighted by molar-refractivity contribution is 0.657. The topological polar surface area (TPSA) is 26.0 Å². The average Bonchev–Trinajstić information content (AvgIpc) is 1.94. The van der Waals surface area contributed by atoms with Gasteiger partial charge in [-0.05, 0) is 19.3 Å². The molecule has 0 radical (unpaired) electrons. The van der Waals surface area contributed by atoms with Crippen LogP contribution in [-0.4, -0.2) is 6.04 Å². The molecule has 0 saturated carbocycles. The Balaban J connectivity index is 0.000000640. The molecule has 2 heteroatoms. The molecule has 1 aliphatic carbocycles. The van der Waals surface area contributed by atoms with Gasteiger partial charge in [-0.1, -0.05) is 18.6 Å². The molecule has 1 atom stereocenters. The largest absolute Gasteiger partial charge is 0.324 e. The van der Waals surface area contributed by atoms with Crippen LogP contribution in [-0.2, 0) is 0 Å². The van der Waals surface area contributed by atoms with Crippen molar-refractivity contribution in [3.05, 3.63) is 12.2 Å². The highest BCUT2D eigenvalue weighted by atomic mass is 35.5. The molecule has 54 valence electrons. The van der Waals surface area contributed by atoms with Crippen LogP contribution in [0.1, 0.15) is 25.7 Å². The summed E-state index contributed by atoms with van der Waals surface area (Å²) >= 11 is 0. The molecular weight excluding hydrogens is 134 g/mol. The Bertz CT molecular complexity index is 90.9. The lowest BCUT2D eigenvalue weighted by Gasteiger charge is -1.99. The number of nitrogens with two attached hydrogens (primary N) is 1. The van der Waals surface area contributed by atoms with Crippen molar-refractivity contribution in [3.63, 3.8) is 0 Å². The quantitative estimate of drug-likeness (QED) is 0.521.